The average molecular weight is 240 g/mol. The smallest absolute Gasteiger partial charge is 0.251 e. The average Bonchev–Trinajstić information content (AvgIpc) is 2.46. The Hall–Kier alpha value is -2.13. The predicted octanol–water partition coefficient (Wildman–Crippen LogP) is 2.12. The van der Waals surface area contributed by atoms with Crippen molar-refractivity contribution in [2.75, 3.05) is 6.54 Å². The van der Waals surface area contributed by atoms with Crippen LogP contribution in [0.4, 0.5) is 0 Å². The molecule has 0 spiro atoms. The lowest BCUT2D eigenvalue weighted by atomic mass is 10.1. The minimum atomic E-state index is -0.182. The molecule has 0 aliphatic rings. The molecule has 0 aromatic heterocycles. The van der Waals surface area contributed by atoms with E-state index in [1.807, 2.05) is 48.5 Å². The van der Waals surface area contributed by atoms with E-state index in [9.17, 15) is 4.79 Å². The molecule has 3 nitrogen and oxygen atoms in total. The maximum absolute atomic E-state index is 11.8. The molecule has 0 unspecified atom stereocenters. The lowest BCUT2D eigenvalue weighted by molar-refractivity contribution is 0.0951. The van der Waals surface area contributed by atoms with Gasteiger partial charge < -0.3 is 11.1 Å². The Balaban J connectivity index is 1.91. The van der Waals surface area contributed by atoms with E-state index >= 15 is 0 Å². The van der Waals surface area contributed by atoms with Crippen molar-refractivity contribution in [1.82, 2.24) is 5.32 Å². The van der Waals surface area contributed by atoms with Crippen LogP contribution in [0.3, 0.4) is 0 Å². The minimum absolute atomic E-state index is 0.0954. The maximum Gasteiger partial charge on any atom is 0.251 e. The number of amides is 1. The van der Waals surface area contributed by atoms with Gasteiger partial charge in [-0.05, 0) is 17.7 Å². The summed E-state index contributed by atoms with van der Waals surface area (Å²) in [6, 6.07) is 18.7. The topological polar surface area (TPSA) is 55.1 Å². The van der Waals surface area contributed by atoms with Gasteiger partial charge in [-0.2, -0.15) is 0 Å². The Morgan fingerprint density at radius 1 is 1.00 bits per heavy atom. The van der Waals surface area contributed by atoms with E-state index in [1.165, 1.54) is 0 Å². The van der Waals surface area contributed by atoms with Crippen molar-refractivity contribution in [3.63, 3.8) is 0 Å². The third-order valence-corrected chi connectivity index (χ3v) is 2.75. The highest BCUT2D eigenvalue weighted by Gasteiger charge is 2.08. The van der Waals surface area contributed by atoms with Crippen LogP contribution in [-0.2, 0) is 0 Å². The Morgan fingerprint density at radius 3 is 2.17 bits per heavy atom. The van der Waals surface area contributed by atoms with Crippen LogP contribution in [0.5, 0.6) is 0 Å². The Morgan fingerprint density at radius 2 is 1.56 bits per heavy atom. The minimum Gasteiger partial charge on any atom is -0.350 e. The Kier molecular flexibility index (Phi) is 4.10. The molecule has 0 saturated heterocycles. The number of nitrogens with two attached hydrogens (primary N) is 1. The highest BCUT2D eigenvalue weighted by molar-refractivity contribution is 5.94. The summed E-state index contributed by atoms with van der Waals surface area (Å²) in [7, 11) is 0. The molecule has 0 bridgehead atoms. The lowest BCUT2D eigenvalue weighted by Crippen LogP contribution is -2.31. The summed E-state index contributed by atoms with van der Waals surface area (Å²) < 4.78 is 0. The molecule has 2 rings (SSSR count). The first kappa shape index (κ1) is 12.3. The predicted molar refractivity (Wildman–Crippen MR) is 72.1 cm³/mol. The van der Waals surface area contributed by atoms with Crippen molar-refractivity contribution >= 4 is 5.91 Å². The van der Waals surface area contributed by atoms with Crippen molar-refractivity contribution in [1.29, 1.82) is 0 Å². The first-order chi connectivity index (χ1) is 8.77. The number of rotatable bonds is 4. The van der Waals surface area contributed by atoms with Gasteiger partial charge in [0.25, 0.3) is 5.91 Å². The van der Waals surface area contributed by atoms with Crippen LogP contribution in [0.1, 0.15) is 22.0 Å². The van der Waals surface area contributed by atoms with Crippen molar-refractivity contribution in [2.24, 2.45) is 5.73 Å². The van der Waals surface area contributed by atoms with Gasteiger partial charge in [-0.15, -0.1) is 0 Å². The van der Waals surface area contributed by atoms with Crippen LogP contribution < -0.4 is 11.1 Å². The van der Waals surface area contributed by atoms with Gasteiger partial charge in [-0.3, -0.25) is 4.79 Å². The van der Waals surface area contributed by atoms with E-state index < -0.39 is 0 Å². The maximum atomic E-state index is 11.8. The molecule has 0 saturated carbocycles. The number of carbonyl (C=O) groups is 1. The molecule has 2 aromatic rings. The molecule has 0 aliphatic carbocycles. The van der Waals surface area contributed by atoms with Crippen molar-refractivity contribution in [3.05, 3.63) is 71.8 Å². The third kappa shape index (κ3) is 3.18. The second-order valence-electron chi connectivity index (χ2n) is 4.09. The van der Waals surface area contributed by atoms with Crippen molar-refractivity contribution in [2.45, 2.75) is 6.04 Å². The molecule has 0 radical (unpaired) electrons. The molecule has 0 fully saturated rings. The van der Waals surface area contributed by atoms with Gasteiger partial charge in [0.15, 0.2) is 0 Å². The lowest BCUT2D eigenvalue weighted by Gasteiger charge is -2.13. The Bertz CT molecular complexity index is 496. The summed E-state index contributed by atoms with van der Waals surface area (Å²) in [6.45, 7) is 0.428. The summed E-state index contributed by atoms with van der Waals surface area (Å²) >= 11 is 0. The van der Waals surface area contributed by atoms with E-state index in [-0.39, 0.29) is 11.9 Å². The zero-order valence-corrected chi connectivity index (χ0v) is 10.0. The van der Waals surface area contributed by atoms with E-state index in [2.05, 4.69) is 5.32 Å². The van der Waals surface area contributed by atoms with E-state index in [1.54, 1.807) is 12.1 Å². The summed E-state index contributed by atoms with van der Waals surface area (Å²) in [5.41, 5.74) is 7.68. The summed E-state index contributed by atoms with van der Waals surface area (Å²) in [5, 5.41) is 2.83. The molecular formula is C15H16N2O. The highest BCUT2D eigenvalue weighted by Crippen LogP contribution is 2.08. The molecule has 3 N–H and O–H groups in total. The van der Waals surface area contributed by atoms with Crippen LogP contribution in [0, 0.1) is 0 Å². The van der Waals surface area contributed by atoms with Crippen LogP contribution in [0.15, 0.2) is 60.7 Å². The number of carbonyl (C=O) groups excluding carboxylic acids is 1. The first-order valence-corrected chi connectivity index (χ1v) is 5.91. The molecule has 92 valence electrons. The summed E-state index contributed by atoms with van der Waals surface area (Å²) in [4.78, 5) is 11.8. The number of hydrogen-bond acceptors (Lipinski definition) is 2. The van der Waals surface area contributed by atoms with Gasteiger partial charge >= 0.3 is 0 Å². The molecular weight excluding hydrogens is 224 g/mol. The van der Waals surface area contributed by atoms with Crippen molar-refractivity contribution in [3.8, 4) is 0 Å². The molecule has 3 heteroatoms. The van der Waals surface area contributed by atoms with Gasteiger partial charge in [0, 0.05) is 18.2 Å². The SMILES string of the molecule is N[C@H](CNC(=O)c1ccccc1)c1ccccc1. The van der Waals surface area contributed by atoms with E-state index in [0.29, 0.717) is 12.1 Å². The van der Waals surface area contributed by atoms with Gasteiger partial charge in [-0.25, -0.2) is 0 Å². The van der Waals surface area contributed by atoms with Gasteiger partial charge in [0.1, 0.15) is 0 Å². The normalized spacial score (nSPS) is 11.8. The van der Waals surface area contributed by atoms with Crippen LogP contribution >= 0.6 is 0 Å². The van der Waals surface area contributed by atoms with Gasteiger partial charge in [-0.1, -0.05) is 48.5 Å². The fraction of sp³-hybridized carbons (Fsp3) is 0.133. The summed E-state index contributed by atoms with van der Waals surface area (Å²) in [6.07, 6.45) is 0. The molecule has 0 aliphatic heterocycles. The zero-order chi connectivity index (χ0) is 12.8. The number of benzene rings is 2. The second-order valence-corrected chi connectivity index (χ2v) is 4.09. The van der Waals surface area contributed by atoms with Crippen LogP contribution in [0.2, 0.25) is 0 Å². The monoisotopic (exact) mass is 240 g/mol. The van der Waals surface area contributed by atoms with Gasteiger partial charge in [0.05, 0.1) is 0 Å². The number of hydrogen-bond donors (Lipinski definition) is 2. The third-order valence-electron chi connectivity index (χ3n) is 2.75. The zero-order valence-electron chi connectivity index (χ0n) is 10.0. The molecule has 1 amide bonds. The fourth-order valence-electron chi connectivity index (χ4n) is 1.71. The van der Waals surface area contributed by atoms with Crippen molar-refractivity contribution < 1.29 is 4.79 Å². The molecule has 18 heavy (non-hydrogen) atoms. The highest BCUT2D eigenvalue weighted by atomic mass is 16.1. The van der Waals surface area contributed by atoms with Gasteiger partial charge in [0.2, 0.25) is 0 Å². The van der Waals surface area contributed by atoms with Crippen LogP contribution in [-0.4, -0.2) is 12.5 Å². The molecule has 1 atom stereocenters. The van der Waals surface area contributed by atoms with Crippen LogP contribution in [0.25, 0.3) is 0 Å². The quantitative estimate of drug-likeness (QED) is 0.860. The Labute approximate surface area is 107 Å². The largest absolute Gasteiger partial charge is 0.350 e. The summed E-state index contributed by atoms with van der Waals surface area (Å²) in [5.74, 6) is -0.0954. The first-order valence-electron chi connectivity index (χ1n) is 5.91. The van der Waals surface area contributed by atoms with E-state index in [0.717, 1.165) is 5.56 Å². The molecule has 2 aromatic carbocycles. The fourth-order valence-corrected chi connectivity index (χ4v) is 1.71. The standard InChI is InChI=1S/C15H16N2O/c16-14(12-7-3-1-4-8-12)11-17-15(18)13-9-5-2-6-10-13/h1-10,14H,11,16H2,(H,17,18)/t14-/m1/s1. The number of nitrogens with one attached hydrogen (secondary N) is 1. The molecule has 0 heterocycles. The van der Waals surface area contributed by atoms with E-state index in [4.69, 9.17) is 5.73 Å². The second kappa shape index (κ2) is 5.98.